The molecule has 28 heavy (non-hydrogen) atoms. The minimum atomic E-state index is -0.791. The third kappa shape index (κ3) is 4.21. The summed E-state index contributed by atoms with van der Waals surface area (Å²) >= 11 is 24.5. The Morgan fingerprint density at radius 2 is 1.14 bits per heavy atom. The van der Waals surface area contributed by atoms with Gasteiger partial charge in [0.05, 0.1) is 13.2 Å². The van der Waals surface area contributed by atoms with Gasteiger partial charge in [-0.2, -0.15) is 0 Å². The van der Waals surface area contributed by atoms with Crippen molar-refractivity contribution in [2.45, 2.75) is 50.1 Å². The van der Waals surface area contributed by atoms with Crippen LogP contribution in [0.25, 0.3) is 0 Å². The third-order valence-corrected chi connectivity index (χ3v) is 6.47. The maximum absolute atomic E-state index is 13.2. The first kappa shape index (κ1) is 20.5. The van der Waals surface area contributed by atoms with Gasteiger partial charge >= 0.3 is 0 Å². The third-order valence-electron chi connectivity index (χ3n) is 5.26. The molecule has 0 heterocycles. The van der Waals surface area contributed by atoms with Crippen LogP contribution in [0.3, 0.4) is 0 Å². The zero-order valence-electron chi connectivity index (χ0n) is 14.9. The predicted octanol–water partition coefficient (Wildman–Crippen LogP) is 6.67. The highest BCUT2D eigenvalue weighted by Gasteiger charge is 2.64. The summed E-state index contributed by atoms with van der Waals surface area (Å²) in [4.78, 5) is 13.2. The molecule has 2 aliphatic carbocycles. The molecule has 2 aliphatic rings. The van der Waals surface area contributed by atoms with Gasteiger partial charge in [0.25, 0.3) is 0 Å². The fourth-order valence-electron chi connectivity index (χ4n) is 3.26. The molecular formula is C21H18Cl4O3. The Morgan fingerprint density at radius 3 is 1.50 bits per heavy atom. The van der Waals surface area contributed by atoms with Crippen molar-refractivity contribution in [3.8, 4) is 0 Å². The van der Waals surface area contributed by atoms with E-state index in [0.717, 1.165) is 11.1 Å². The molecule has 7 heteroatoms. The van der Waals surface area contributed by atoms with E-state index in [1.54, 1.807) is 36.4 Å². The number of hydrogen-bond donors (Lipinski definition) is 0. The number of ether oxygens (including phenoxy) is 2. The van der Waals surface area contributed by atoms with Crippen LogP contribution < -0.4 is 0 Å². The SMILES string of the molecule is O=C(C1(OCc2cc(Cl)ccc2Cl)CC1)C1(OCc2cc(Cl)ccc2Cl)CC1. The molecule has 0 saturated heterocycles. The van der Waals surface area contributed by atoms with Crippen LogP contribution in [0.2, 0.25) is 20.1 Å². The largest absolute Gasteiger partial charge is 0.362 e. The summed E-state index contributed by atoms with van der Waals surface area (Å²) in [7, 11) is 0. The highest BCUT2D eigenvalue weighted by molar-refractivity contribution is 6.34. The highest BCUT2D eigenvalue weighted by Crippen LogP contribution is 2.52. The lowest BCUT2D eigenvalue weighted by molar-refractivity contribution is -0.150. The van der Waals surface area contributed by atoms with E-state index < -0.39 is 11.2 Å². The number of ketones is 1. The van der Waals surface area contributed by atoms with Gasteiger partial charge < -0.3 is 9.47 Å². The first-order chi connectivity index (χ1) is 13.3. The van der Waals surface area contributed by atoms with E-state index in [1.807, 2.05) is 0 Å². The lowest BCUT2D eigenvalue weighted by Gasteiger charge is -2.23. The second-order valence-electron chi connectivity index (χ2n) is 7.37. The van der Waals surface area contributed by atoms with Gasteiger partial charge in [-0.15, -0.1) is 0 Å². The van der Waals surface area contributed by atoms with Crippen molar-refractivity contribution in [2.24, 2.45) is 0 Å². The maximum atomic E-state index is 13.2. The zero-order valence-corrected chi connectivity index (χ0v) is 18.0. The summed E-state index contributed by atoms with van der Waals surface area (Å²) in [6, 6.07) is 10.4. The molecule has 0 atom stereocenters. The summed E-state index contributed by atoms with van der Waals surface area (Å²) in [6.45, 7) is 0.475. The number of benzene rings is 2. The first-order valence-electron chi connectivity index (χ1n) is 9.04. The van der Waals surface area contributed by atoms with E-state index in [1.165, 1.54) is 0 Å². The molecule has 4 rings (SSSR count). The van der Waals surface area contributed by atoms with Gasteiger partial charge in [0, 0.05) is 20.1 Å². The molecule has 0 aromatic heterocycles. The molecule has 3 nitrogen and oxygen atoms in total. The van der Waals surface area contributed by atoms with Gasteiger partial charge in [0.2, 0.25) is 0 Å². The Labute approximate surface area is 183 Å². The van der Waals surface area contributed by atoms with Crippen molar-refractivity contribution in [3.63, 3.8) is 0 Å². The molecule has 0 spiro atoms. The molecule has 2 fully saturated rings. The number of Topliss-reactive ketones (excluding diaryl/α,β-unsaturated/α-hetero) is 1. The van der Waals surface area contributed by atoms with Crippen molar-refractivity contribution in [1.29, 1.82) is 0 Å². The number of carbonyl (C=O) groups is 1. The molecule has 0 N–H and O–H groups in total. The lowest BCUT2D eigenvalue weighted by atomic mass is 10.1. The Bertz CT molecular complexity index is 846. The van der Waals surface area contributed by atoms with Crippen molar-refractivity contribution >= 4 is 52.2 Å². The monoisotopic (exact) mass is 458 g/mol. The fourth-order valence-corrected chi connectivity index (χ4v) is 3.99. The van der Waals surface area contributed by atoms with Crippen LogP contribution in [-0.2, 0) is 27.5 Å². The molecule has 2 aromatic carbocycles. The quantitative estimate of drug-likeness (QED) is 0.442. The fraction of sp³-hybridized carbons (Fsp3) is 0.381. The molecule has 2 saturated carbocycles. The summed E-state index contributed by atoms with van der Waals surface area (Å²) in [5.74, 6) is 0.0105. The van der Waals surface area contributed by atoms with E-state index in [2.05, 4.69) is 0 Å². The highest BCUT2D eigenvalue weighted by atomic mass is 35.5. The van der Waals surface area contributed by atoms with E-state index in [-0.39, 0.29) is 19.0 Å². The van der Waals surface area contributed by atoms with E-state index in [4.69, 9.17) is 55.9 Å². The van der Waals surface area contributed by atoms with E-state index >= 15 is 0 Å². The zero-order chi connectivity index (χ0) is 19.9. The normalized spacial score (nSPS) is 18.7. The minimum absolute atomic E-state index is 0.0105. The average molecular weight is 460 g/mol. The molecule has 0 aliphatic heterocycles. The Balaban J connectivity index is 1.41. The van der Waals surface area contributed by atoms with Crippen LogP contribution >= 0.6 is 46.4 Å². The second kappa shape index (κ2) is 7.79. The van der Waals surface area contributed by atoms with Crippen LogP contribution in [0.5, 0.6) is 0 Å². The van der Waals surface area contributed by atoms with Gasteiger partial charge in [0.15, 0.2) is 5.78 Å². The number of halogens is 4. The lowest BCUT2D eigenvalue weighted by Crippen LogP contribution is -2.39. The first-order valence-corrected chi connectivity index (χ1v) is 10.6. The Morgan fingerprint density at radius 1 is 0.750 bits per heavy atom. The Hall–Kier alpha value is -0.810. The molecule has 0 bridgehead atoms. The van der Waals surface area contributed by atoms with Crippen molar-refractivity contribution in [2.75, 3.05) is 0 Å². The van der Waals surface area contributed by atoms with Crippen LogP contribution in [-0.4, -0.2) is 17.0 Å². The number of hydrogen-bond acceptors (Lipinski definition) is 3. The smallest absolute Gasteiger partial charge is 0.196 e. The molecule has 0 radical (unpaired) electrons. The molecular weight excluding hydrogens is 442 g/mol. The Kier molecular flexibility index (Phi) is 5.69. The standard InChI is InChI=1S/C21H18Cl4O3/c22-15-1-3-17(24)13(9-15)11-27-20(5-6-20)19(26)21(7-8-21)28-12-14-10-16(23)2-4-18(14)25/h1-4,9-10H,5-8,11-12H2. The van der Waals surface area contributed by atoms with Crippen molar-refractivity contribution in [1.82, 2.24) is 0 Å². The predicted molar refractivity (Wildman–Crippen MR) is 111 cm³/mol. The molecule has 0 unspecified atom stereocenters. The number of carbonyl (C=O) groups excluding carboxylic acids is 1. The van der Waals surface area contributed by atoms with Gasteiger partial charge in [-0.25, -0.2) is 0 Å². The average Bonchev–Trinajstić information content (AvgIpc) is 3.59. The summed E-state index contributed by atoms with van der Waals surface area (Å²) in [5.41, 5.74) is -0.0463. The van der Waals surface area contributed by atoms with Gasteiger partial charge in [-0.1, -0.05) is 46.4 Å². The second-order valence-corrected chi connectivity index (χ2v) is 9.05. The maximum Gasteiger partial charge on any atom is 0.196 e. The molecule has 2 aromatic rings. The molecule has 0 amide bonds. The van der Waals surface area contributed by atoms with E-state index in [0.29, 0.717) is 45.8 Å². The van der Waals surface area contributed by atoms with Crippen LogP contribution in [0.15, 0.2) is 36.4 Å². The van der Waals surface area contributed by atoms with Crippen LogP contribution in [0, 0.1) is 0 Å². The summed E-state index contributed by atoms with van der Waals surface area (Å²) in [6.07, 6.45) is 2.75. The number of rotatable bonds is 8. The molecule has 148 valence electrons. The van der Waals surface area contributed by atoms with Crippen LogP contribution in [0.1, 0.15) is 36.8 Å². The van der Waals surface area contributed by atoms with Crippen LogP contribution in [0.4, 0.5) is 0 Å². The topological polar surface area (TPSA) is 35.5 Å². The van der Waals surface area contributed by atoms with Gasteiger partial charge in [0.1, 0.15) is 11.2 Å². The van der Waals surface area contributed by atoms with Gasteiger partial charge in [-0.05, 0) is 73.2 Å². The van der Waals surface area contributed by atoms with E-state index in [9.17, 15) is 4.79 Å². The van der Waals surface area contributed by atoms with Crippen molar-refractivity contribution in [3.05, 3.63) is 67.6 Å². The summed E-state index contributed by atoms with van der Waals surface area (Å²) < 4.78 is 12.1. The van der Waals surface area contributed by atoms with Gasteiger partial charge in [-0.3, -0.25) is 4.79 Å². The van der Waals surface area contributed by atoms with Crippen molar-refractivity contribution < 1.29 is 14.3 Å². The minimum Gasteiger partial charge on any atom is -0.362 e. The summed E-state index contributed by atoms with van der Waals surface area (Å²) in [5, 5.41) is 2.31.